The molecule has 122 valence electrons. The van der Waals surface area contributed by atoms with Crippen molar-refractivity contribution in [2.45, 2.75) is 31.4 Å². The normalized spacial score (nSPS) is 17.4. The topological polar surface area (TPSA) is 96.0 Å². The van der Waals surface area contributed by atoms with E-state index in [1.165, 1.54) is 7.11 Å². The van der Waals surface area contributed by atoms with Gasteiger partial charge in [-0.2, -0.15) is 0 Å². The van der Waals surface area contributed by atoms with E-state index in [1.54, 1.807) is 12.1 Å². The van der Waals surface area contributed by atoms with E-state index >= 15 is 0 Å². The van der Waals surface area contributed by atoms with E-state index in [9.17, 15) is 9.90 Å². The van der Waals surface area contributed by atoms with Crippen molar-refractivity contribution in [3.63, 3.8) is 0 Å². The summed E-state index contributed by atoms with van der Waals surface area (Å²) in [7, 11) is 1.34. The van der Waals surface area contributed by atoms with Crippen LogP contribution in [0.5, 0.6) is 0 Å². The quantitative estimate of drug-likeness (QED) is 0.677. The lowest BCUT2D eigenvalue weighted by atomic mass is 10.0. The predicted octanol–water partition coefficient (Wildman–Crippen LogP) is 0.296. The van der Waals surface area contributed by atoms with Gasteiger partial charge in [0.15, 0.2) is 0 Å². The third-order valence-electron chi connectivity index (χ3n) is 3.99. The number of hydrogen-bond acceptors (Lipinski definition) is 6. The van der Waals surface area contributed by atoms with Gasteiger partial charge in [-0.15, -0.1) is 0 Å². The Kier molecular flexibility index (Phi) is 5.76. The first-order valence-electron chi connectivity index (χ1n) is 7.55. The summed E-state index contributed by atoms with van der Waals surface area (Å²) in [6, 6.07) is 5.68. The van der Waals surface area contributed by atoms with Gasteiger partial charge in [0, 0.05) is 31.2 Å². The van der Waals surface area contributed by atoms with Crippen molar-refractivity contribution < 1.29 is 19.7 Å². The molecular formula is C16H24N2O4. The number of ether oxygens (including phenoxy) is 1. The Morgan fingerprint density at radius 2 is 2.09 bits per heavy atom. The lowest BCUT2D eigenvalue weighted by Gasteiger charge is -2.32. The molecule has 1 aliphatic heterocycles. The van der Waals surface area contributed by atoms with Crippen LogP contribution in [0.4, 0.5) is 5.69 Å². The molecule has 1 aliphatic rings. The first-order valence-corrected chi connectivity index (χ1v) is 7.55. The molecule has 1 heterocycles. The number of anilines is 1. The zero-order valence-corrected chi connectivity index (χ0v) is 12.9. The lowest BCUT2D eigenvalue weighted by Crippen LogP contribution is -2.39. The third kappa shape index (κ3) is 4.19. The molecule has 0 spiro atoms. The summed E-state index contributed by atoms with van der Waals surface area (Å²) in [5.41, 5.74) is 8.11. The number of benzene rings is 1. The summed E-state index contributed by atoms with van der Waals surface area (Å²) in [5, 5.41) is 18.6. The molecule has 22 heavy (non-hydrogen) atoms. The average Bonchev–Trinajstić information content (AvgIpc) is 2.54. The van der Waals surface area contributed by atoms with Gasteiger partial charge in [-0.1, -0.05) is 0 Å². The second-order valence-corrected chi connectivity index (χ2v) is 5.74. The number of carbonyl (C=O) groups excluding carboxylic acids is 1. The third-order valence-corrected chi connectivity index (χ3v) is 3.99. The van der Waals surface area contributed by atoms with Crippen LogP contribution in [0.1, 0.15) is 28.8 Å². The monoisotopic (exact) mass is 308 g/mol. The summed E-state index contributed by atoms with van der Waals surface area (Å²) in [5.74, 6) is -0.407. The Morgan fingerprint density at radius 1 is 1.41 bits per heavy atom. The molecule has 6 nitrogen and oxygen atoms in total. The summed E-state index contributed by atoms with van der Waals surface area (Å²) >= 11 is 0. The maximum absolute atomic E-state index is 11.8. The number of hydrogen-bond donors (Lipinski definition) is 3. The van der Waals surface area contributed by atoms with Crippen LogP contribution in [-0.4, -0.2) is 55.1 Å². The average molecular weight is 308 g/mol. The van der Waals surface area contributed by atoms with Crippen molar-refractivity contribution in [2.75, 3.05) is 31.7 Å². The fourth-order valence-corrected chi connectivity index (χ4v) is 2.70. The second-order valence-electron chi connectivity index (χ2n) is 5.74. The molecule has 1 aromatic carbocycles. The zero-order chi connectivity index (χ0) is 16.1. The molecule has 6 heteroatoms. The molecule has 2 rings (SSSR count). The molecule has 0 bridgehead atoms. The van der Waals surface area contributed by atoms with Crippen molar-refractivity contribution in [2.24, 2.45) is 5.73 Å². The molecule has 1 saturated heterocycles. The van der Waals surface area contributed by atoms with Gasteiger partial charge in [0.05, 0.1) is 25.4 Å². The number of nitrogens with zero attached hydrogens (tertiary/aromatic N) is 1. The number of aliphatic hydroxyl groups is 2. The van der Waals surface area contributed by atoms with Crippen LogP contribution in [0.2, 0.25) is 0 Å². The first kappa shape index (κ1) is 16.7. The highest BCUT2D eigenvalue weighted by Gasteiger charge is 2.19. The van der Waals surface area contributed by atoms with Gasteiger partial charge < -0.3 is 25.6 Å². The minimum Gasteiger partial charge on any atom is -0.465 e. The summed E-state index contributed by atoms with van der Waals surface area (Å²) in [6.45, 7) is 1.37. The van der Waals surface area contributed by atoms with Gasteiger partial charge in [-0.25, -0.2) is 4.79 Å². The molecule has 0 amide bonds. The van der Waals surface area contributed by atoms with Crippen LogP contribution >= 0.6 is 0 Å². The largest absolute Gasteiger partial charge is 0.465 e. The number of carbonyl (C=O) groups is 1. The first-order chi connectivity index (χ1) is 10.5. The molecule has 1 fully saturated rings. The molecule has 1 atom stereocenters. The molecule has 4 N–H and O–H groups in total. The van der Waals surface area contributed by atoms with Crippen molar-refractivity contribution in [1.29, 1.82) is 0 Å². The highest BCUT2D eigenvalue weighted by atomic mass is 16.5. The smallest absolute Gasteiger partial charge is 0.337 e. The number of esters is 1. The zero-order valence-electron chi connectivity index (χ0n) is 12.9. The molecule has 0 saturated carbocycles. The maximum Gasteiger partial charge on any atom is 0.337 e. The lowest BCUT2D eigenvalue weighted by molar-refractivity contribution is 0.0600. The number of methoxy groups -OCH3 is 1. The van der Waals surface area contributed by atoms with Crippen LogP contribution in [0.25, 0.3) is 0 Å². The SMILES string of the molecule is COC(=O)c1cc(CC(O)CO)cc(N2CCC(N)CC2)c1. The van der Waals surface area contributed by atoms with E-state index in [0.717, 1.165) is 37.2 Å². The molecule has 1 aromatic rings. The van der Waals surface area contributed by atoms with E-state index in [0.29, 0.717) is 12.0 Å². The van der Waals surface area contributed by atoms with E-state index in [2.05, 4.69) is 4.90 Å². The highest BCUT2D eigenvalue weighted by molar-refractivity contribution is 5.90. The fraction of sp³-hybridized carbons (Fsp3) is 0.562. The summed E-state index contributed by atoms with van der Waals surface area (Å²) < 4.78 is 4.79. The van der Waals surface area contributed by atoms with Crippen LogP contribution in [0.15, 0.2) is 18.2 Å². The number of aliphatic hydroxyl groups excluding tert-OH is 2. The minimum atomic E-state index is -0.837. The Hall–Kier alpha value is -1.63. The van der Waals surface area contributed by atoms with Crippen LogP contribution in [0, 0.1) is 0 Å². The van der Waals surface area contributed by atoms with Crippen LogP contribution in [0.3, 0.4) is 0 Å². The molecule has 1 unspecified atom stereocenters. The Morgan fingerprint density at radius 3 is 2.68 bits per heavy atom. The Bertz CT molecular complexity index is 513. The summed E-state index contributed by atoms with van der Waals surface area (Å²) in [6.07, 6.45) is 1.28. The van der Waals surface area contributed by atoms with Gasteiger partial charge >= 0.3 is 5.97 Å². The standard InChI is InChI=1S/C16H24N2O4/c1-22-16(21)12-6-11(8-15(20)10-19)7-14(9-12)18-4-2-13(17)3-5-18/h6-7,9,13,15,19-20H,2-5,8,10,17H2,1H3. The number of nitrogens with two attached hydrogens (primary N) is 1. The number of piperidine rings is 1. The second kappa shape index (κ2) is 7.58. The fourth-order valence-electron chi connectivity index (χ4n) is 2.70. The van der Waals surface area contributed by atoms with E-state index < -0.39 is 12.1 Å². The van der Waals surface area contributed by atoms with E-state index in [-0.39, 0.29) is 12.6 Å². The van der Waals surface area contributed by atoms with E-state index in [1.807, 2.05) is 6.07 Å². The Balaban J connectivity index is 2.27. The van der Waals surface area contributed by atoms with Gasteiger partial charge in [-0.05, 0) is 36.6 Å². The van der Waals surface area contributed by atoms with Crippen LogP contribution in [-0.2, 0) is 11.2 Å². The summed E-state index contributed by atoms with van der Waals surface area (Å²) in [4.78, 5) is 14.0. The van der Waals surface area contributed by atoms with Gasteiger partial charge in [-0.3, -0.25) is 0 Å². The van der Waals surface area contributed by atoms with Crippen molar-refractivity contribution in [3.8, 4) is 0 Å². The van der Waals surface area contributed by atoms with Gasteiger partial charge in [0.25, 0.3) is 0 Å². The van der Waals surface area contributed by atoms with Gasteiger partial charge in [0.2, 0.25) is 0 Å². The molecule has 0 aliphatic carbocycles. The van der Waals surface area contributed by atoms with E-state index in [4.69, 9.17) is 15.6 Å². The van der Waals surface area contributed by atoms with Crippen LogP contribution < -0.4 is 10.6 Å². The Labute approximate surface area is 130 Å². The van der Waals surface area contributed by atoms with Crippen molar-refractivity contribution in [1.82, 2.24) is 0 Å². The number of rotatable bonds is 5. The highest BCUT2D eigenvalue weighted by Crippen LogP contribution is 2.24. The van der Waals surface area contributed by atoms with Crippen molar-refractivity contribution >= 4 is 11.7 Å². The molecule has 0 radical (unpaired) electrons. The minimum absolute atomic E-state index is 0.232. The molecular weight excluding hydrogens is 284 g/mol. The van der Waals surface area contributed by atoms with Crippen molar-refractivity contribution in [3.05, 3.63) is 29.3 Å². The predicted molar refractivity (Wildman–Crippen MR) is 84.0 cm³/mol. The van der Waals surface area contributed by atoms with Gasteiger partial charge in [0.1, 0.15) is 0 Å². The maximum atomic E-state index is 11.8. The molecule has 0 aromatic heterocycles.